The Balaban J connectivity index is 1.58. The highest BCUT2D eigenvalue weighted by Crippen LogP contribution is 2.38. The van der Waals surface area contributed by atoms with Gasteiger partial charge in [0.25, 0.3) is 0 Å². The maximum Gasteiger partial charge on any atom is 0.239 e. The highest BCUT2D eigenvalue weighted by atomic mass is 16.7. The first kappa shape index (κ1) is 29.0. The summed E-state index contributed by atoms with van der Waals surface area (Å²) in [6, 6.07) is 7.71. The summed E-state index contributed by atoms with van der Waals surface area (Å²) in [5.41, 5.74) is -0.865. The van der Waals surface area contributed by atoms with E-state index in [4.69, 9.17) is 23.4 Å². The van der Waals surface area contributed by atoms with Crippen LogP contribution in [0.5, 0.6) is 23.0 Å². The largest absolute Gasteiger partial charge is 0.508 e. The van der Waals surface area contributed by atoms with E-state index in [0.29, 0.717) is 0 Å². The van der Waals surface area contributed by atoms with Crippen molar-refractivity contribution in [2.75, 3.05) is 0 Å². The first-order chi connectivity index (χ1) is 19.4. The van der Waals surface area contributed by atoms with Gasteiger partial charge in [0.15, 0.2) is 5.76 Å². The summed E-state index contributed by atoms with van der Waals surface area (Å²) in [6.45, 7) is 2.90. The van der Waals surface area contributed by atoms with E-state index in [1.165, 1.54) is 44.2 Å². The van der Waals surface area contributed by atoms with Gasteiger partial charge in [0, 0.05) is 17.7 Å². The lowest BCUT2D eigenvalue weighted by Crippen LogP contribution is -2.58. The van der Waals surface area contributed by atoms with Gasteiger partial charge in [-0.2, -0.15) is 0 Å². The zero-order valence-corrected chi connectivity index (χ0v) is 21.8. The van der Waals surface area contributed by atoms with Crippen molar-refractivity contribution in [2.24, 2.45) is 0 Å². The number of hydrogen-bond acceptors (Lipinski definition) is 14. The Morgan fingerprint density at radius 3 is 1.80 bits per heavy atom. The first-order valence-electron chi connectivity index (χ1n) is 12.7. The monoisotopic (exact) mass is 578 g/mol. The van der Waals surface area contributed by atoms with E-state index in [1.54, 1.807) is 0 Å². The molecule has 41 heavy (non-hydrogen) atoms. The molecule has 0 radical (unpaired) electrons. The average Bonchev–Trinajstić information content (AvgIpc) is 2.93. The number of phenolic OH excluding ortho intramolecular Hbond substituents is 2. The topological polar surface area (TPSA) is 229 Å². The molecule has 14 heteroatoms. The summed E-state index contributed by atoms with van der Waals surface area (Å²) in [5, 5.41) is 81.1. The Morgan fingerprint density at radius 1 is 0.707 bits per heavy atom. The second-order valence-electron chi connectivity index (χ2n) is 10.1. The van der Waals surface area contributed by atoms with Gasteiger partial charge in [-0.1, -0.05) is 0 Å². The van der Waals surface area contributed by atoms with Crippen LogP contribution in [0.25, 0.3) is 22.3 Å². The molecule has 222 valence electrons. The summed E-state index contributed by atoms with van der Waals surface area (Å²) < 4.78 is 28.2. The summed E-state index contributed by atoms with van der Waals surface area (Å²) in [6.07, 6.45) is -14.3. The normalized spacial score (nSPS) is 34.0. The van der Waals surface area contributed by atoms with Crippen molar-refractivity contribution in [3.05, 3.63) is 46.6 Å². The third kappa shape index (κ3) is 5.31. The lowest BCUT2D eigenvalue weighted by atomic mass is 10.00. The van der Waals surface area contributed by atoms with E-state index < -0.39 is 78.3 Å². The van der Waals surface area contributed by atoms with Crippen LogP contribution in [0.1, 0.15) is 13.8 Å². The van der Waals surface area contributed by atoms with Crippen LogP contribution in [0, 0.1) is 0 Å². The van der Waals surface area contributed by atoms with E-state index in [1.807, 2.05) is 0 Å². The van der Waals surface area contributed by atoms with Gasteiger partial charge in [0.05, 0.1) is 12.2 Å². The number of hydrogen-bond donors (Lipinski definition) is 8. The van der Waals surface area contributed by atoms with Crippen LogP contribution in [0.2, 0.25) is 0 Å². The predicted octanol–water partition coefficient (Wildman–Crippen LogP) is -0.716. The SMILES string of the molecule is CC1O[C@@H](Oc2c(-c3ccc(O)cc3)oc3cc(O[C@@H]4OC(C)[C@H](O)[C@H](O)C4O)cc(O)c3c2=O)[C@@H](O)C(O)[C@H]1O. The third-order valence-electron chi connectivity index (χ3n) is 7.14. The Bertz CT molecular complexity index is 1460. The second kappa shape index (κ2) is 11.1. The van der Waals surface area contributed by atoms with E-state index in [0.717, 1.165) is 6.07 Å². The molecule has 0 spiro atoms. The standard InChI is InChI=1S/C27H30O14/c1-9-17(30)20(33)22(35)26(37-9)39-13-7-14(29)16-15(8-13)40-24(11-3-5-12(28)6-4-11)25(19(16)32)41-27-23(36)21(34)18(31)10(2)38-27/h3-10,17-18,20-23,26-31,33-36H,1-2H3/t9?,10?,17-,18-,20-,21?,22?,23-,26-,27-/m0/s1. The number of aromatic hydroxyl groups is 2. The molecule has 4 unspecified atom stereocenters. The van der Waals surface area contributed by atoms with Crippen LogP contribution >= 0.6 is 0 Å². The number of benzene rings is 2. The maximum absolute atomic E-state index is 13.7. The van der Waals surface area contributed by atoms with Crippen LogP contribution in [-0.2, 0) is 9.47 Å². The number of ether oxygens (including phenoxy) is 4. The van der Waals surface area contributed by atoms with Crippen molar-refractivity contribution in [3.8, 4) is 34.3 Å². The van der Waals surface area contributed by atoms with Crippen molar-refractivity contribution >= 4 is 11.0 Å². The molecule has 0 bridgehead atoms. The zero-order chi connectivity index (χ0) is 29.7. The molecular formula is C27H30O14. The Hall–Kier alpha value is -3.47. The number of phenols is 2. The molecule has 2 aliphatic rings. The van der Waals surface area contributed by atoms with Gasteiger partial charge in [-0.25, -0.2) is 0 Å². The molecule has 2 aliphatic heterocycles. The fourth-order valence-electron chi connectivity index (χ4n) is 4.71. The summed E-state index contributed by atoms with van der Waals surface area (Å²) in [7, 11) is 0. The molecule has 14 nitrogen and oxygen atoms in total. The van der Waals surface area contributed by atoms with Gasteiger partial charge >= 0.3 is 0 Å². The molecule has 3 heterocycles. The molecular weight excluding hydrogens is 548 g/mol. The number of aliphatic hydroxyl groups excluding tert-OH is 6. The summed E-state index contributed by atoms with van der Waals surface area (Å²) in [5.74, 6) is -1.55. The molecule has 2 aromatic carbocycles. The Labute approximate surface area is 231 Å². The van der Waals surface area contributed by atoms with Gasteiger partial charge in [-0.15, -0.1) is 0 Å². The fraction of sp³-hybridized carbons (Fsp3) is 0.444. The smallest absolute Gasteiger partial charge is 0.239 e. The molecule has 10 atom stereocenters. The van der Waals surface area contributed by atoms with Crippen molar-refractivity contribution in [1.29, 1.82) is 0 Å². The van der Waals surface area contributed by atoms with Gasteiger partial charge < -0.3 is 64.2 Å². The van der Waals surface area contributed by atoms with Crippen molar-refractivity contribution in [2.45, 2.75) is 75.3 Å². The minimum Gasteiger partial charge on any atom is -0.508 e. The van der Waals surface area contributed by atoms with E-state index in [-0.39, 0.29) is 33.8 Å². The quantitative estimate of drug-likeness (QED) is 0.187. The van der Waals surface area contributed by atoms with Crippen LogP contribution in [0.15, 0.2) is 45.6 Å². The lowest BCUT2D eigenvalue weighted by Gasteiger charge is -2.39. The molecule has 0 saturated carbocycles. The van der Waals surface area contributed by atoms with E-state index in [9.17, 15) is 45.6 Å². The van der Waals surface area contributed by atoms with Gasteiger partial charge in [0.1, 0.15) is 64.8 Å². The summed E-state index contributed by atoms with van der Waals surface area (Å²) in [4.78, 5) is 13.7. The molecule has 5 rings (SSSR count). The molecule has 2 saturated heterocycles. The van der Waals surface area contributed by atoms with Gasteiger partial charge in [0.2, 0.25) is 23.8 Å². The Morgan fingerprint density at radius 2 is 1.24 bits per heavy atom. The molecule has 0 amide bonds. The minimum atomic E-state index is -1.76. The molecule has 2 fully saturated rings. The van der Waals surface area contributed by atoms with Gasteiger partial charge in [-0.3, -0.25) is 4.79 Å². The summed E-state index contributed by atoms with van der Waals surface area (Å²) >= 11 is 0. The fourth-order valence-corrected chi connectivity index (χ4v) is 4.71. The molecule has 8 N–H and O–H groups in total. The number of fused-ring (bicyclic) bond motifs is 1. The van der Waals surface area contributed by atoms with Crippen LogP contribution in [0.4, 0.5) is 0 Å². The van der Waals surface area contributed by atoms with Crippen molar-refractivity contribution in [3.63, 3.8) is 0 Å². The third-order valence-corrected chi connectivity index (χ3v) is 7.14. The zero-order valence-electron chi connectivity index (χ0n) is 21.8. The predicted molar refractivity (Wildman–Crippen MR) is 137 cm³/mol. The molecule has 1 aromatic heterocycles. The van der Waals surface area contributed by atoms with Crippen LogP contribution in [-0.4, -0.2) is 102 Å². The van der Waals surface area contributed by atoms with Gasteiger partial charge in [-0.05, 0) is 38.1 Å². The van der Waals surface area contributed by atoms with Crippen LogP contribution in [0.3, 0.4) is 0 Å². The molecule has 0 aliphatic carbocycles. The average molecular weight is 579 g/mol. The van der Waals surface area contributed by atoms with Crippen molar-refractivity contribution < 1.29 is 64.2 Å². The highest BCUT2D eigenvalue weighted by Gasteiger charge is 2.45. The van der Waals surface area contributed by atoms with E-state index in [2.05, 4.69) is 0 Å². The van der Waals surface area contributed by atoms with Crippen molar-refractivity contribution in [1.82, 2.24) is 0 Å². The minimum absolute atomic E-state index is 0.0859. The second-order valence-corrected chi connectivity index (χ2v) is 10.1. The van der Waals surface area contributed by atoms with Crippen LogP contribution < -0.4 is 14.9 Å². The Kier molecular flexibility index (Phi) is 7.84. The maximum atomic E-state index is 13.7. The van der Waals surface area contributed by atoms with E-state index >= 15 is 0 Å². The molecule has 3 aromatic rings. The number of rotatable bonds is 5. The number of aliphatic hydroxyl groups is 6. The first-order valence-corrected chi connectivity index (χ1v) is 12.7. The lowest BCUT2D eigenvalue weighted by molar-refractivity contribution is -0.268. The highest BCUT2D eigenvalue weighted by molar-refractivity contribution is 5.88.